The third kappa shape index (κ3) is 4.75. The number of thiophene rings is 1. The molecule has 6 nitrogen and oxygen atoms in total. The molecule has 2 heterocycles. The summed E-state index contributed by atoms with van der Waals surface area (Å²) >= 11 is 1.24. The van der Waals surface area contributed by atoms with E-state index in [4.69, 9.17) is 0 Å². The van der Waals surface area contributed by atoms with E-state index in [1.807, 2.05) is 6.92 Å². The molecule has 1 aliphatic heterocycles. The molecule has 0 radical (unpaired) electrons. The Morgan fingerprint density at radius 3 is 2.57 bits per heavy atom. The molecule has 2 rings (SSSR count). The molecule has 0 amide bonds. The van der Waals surface area contributed by atoms with Crippen molar-refractivity contribution in [2.45, 2.75) is 36.6 Å². The predicted molar refractivity (Wildman–Crippen MR) is 83.7 cm³/mol. The Hall–Kier alpha value is -0.480. The van der Waals surface area contributed by atoms with E-state index in [1.165, 1.54) is 11.3 Å². The molecule has 1 saturated heterocycles. The highest BCUT2D eigenvalue weighted by molar-refractivity contribution is 7.92. The summed E-state index contributed by atoms with van der Waals surface area (Å²) < 4.78 is 50.2. The van der Waals surface area contributed by atoms with Gasteiger partial charge in [0.05, 0.1) is 11.5 Å². The first-order chi connectivity index (χ1) is 9.82. The third-order valence-electron chi connectivity index (χ3n) is 3.33. The van der Waals surface area contributed by atoms with E-state index >= 15 is 0 Å². The molecule has 1 aliphatic rings. The Labute approximate surface area is 129 Å². The second kappa shape index (κ2) is 6.74. The van der Waals surface area contributed by atoms with E-state index in [0.717, 1.165) is 11.4 Å². The number of sulfone groups is 1. The van der Waals surface area contributed by atoms with Gasteiger partial charge in [0.15, 0.2) is 0 Å². The summed E-state index contributed by atoms with van der Waals surface area (Å²) in [6, 6.07) is 3.10. The van der Waals surface area contributed by atoms with Crippen molar-refractivity contribution in [3.63, 3.8) is 0 Å². The SMILES string of the molecule is CCNCc1ccc(S(=O)(=O)NC2CCS(=O)(=O)CC2)s1. The zero-order valence-corrected chi connectivity index (χ0v) is 14.3. The van der Waals surface area contributed by atoms with Crippen LogP contribution in [-0.2, 0) is 26.4 Å². The average molecular weight is 353 g/mol. The molecule has 0 unspecified atom stereocenters. The lowest BCUT2D eigenvalue weighted by molar-refractivity contribution is 0.506. The number of sulfonamides is 1. The van der Waals surface area contributed by atoms with E-state index in [2.05, 4.69) is 10.0 Å². The topological polar surface area (TPSA) is 92.3 Å². The van der Waals surface area contributed by atoms with Crippen LogP contribution in [0.5, 0.6) is 0 Å². The summed E-state index contributed by atoms with van der Waals surface area (Å²) in [5.74, 6) is 0.104. The maximum Gasteiger partial charge on any atom is 0.250 e. The van der Waals surface area contributed by atoms with E-state index in [1.54, 1.807) is 12.1 Å². The minimum Gasteiger partial charge on any atom is -0.312 e. The molecule has 1 aromatic heterocycles. The third-order valence-corrected chi connectivity index (χ3v) is 8.14. The van der Waals surface area contributed by atoms with E-state index < -0.39 is 19.9 Å². The average Bonchev–Trinajstić information content (AvgIpc) is 2.88. The maximum absolute atomic E-state index is 12.3. The Morgan fingerprint density at radius 1 is 1.29 bits per heavy atom. The zero-order valence-electron chi connectivity index (χ0n) is 11.8. The highest BCUT2D eigenvalue weighted by atomic mass is 32.2. The first-order valence-corrected chi connectivity index (χ1v) is 11.0. The van der Waals surface area contributed by atoms with E-state index in [9.17, 15) is 16.8 Å². The van der Waals surface area contributed by atoms with Crippen molar-refractivity contribution in [1.29, 1.82) is 0 Å². The van der Waals surface area contributed by atoms with Crippen molar-refractivity contribution in [2.24, 2.45) is 0 Å². The Kier molecular flexibility index (Phi) is 5.42. The van der Waals surface area contributed by atoms with Gasteiger partial charge in [0.1, 0.15) is 14.0 Å². The van der Waals surface area contributed by atoms with Crippen LogP contribution in [0.15, 0.2) is 16.3 Å². The Morgan fingerprint density at radius 2 is 1.95 bits per heavy atom. The van der Waals surface area contributed by atoms with E-state index in [0.29, 0.717) is 19.4 Å². The highest BCUT2D eigenvalue weighted by Crippen LogP contribution is 2.23. The van der Waals surface area contributed by atoms with Gasteiger partial charge in [-0.3, -0.25) is 0 Å². The molecule has 1 aromatic rings. The molecular weight excluding hydrogens is 332 g/mol. The summed E-state index contributed by atoms with van der Waals surface area (Å²) in [5.41, 5.74) is 0. The fraction of sp³-hybridized carbons (Fsp3) is 0.667. The molecule has 0 spiro atoms. The monoisotopic (exact) mass is 352 g/mol. The molecule has 1 fully saturated rings. The fourth-order valence-electron chi connectivity index (χ4n) is 2.13. The van der Waals surface area contributed by atoms with Crippen LogP contribution in [0.25, 0.3) is 0 Å². The summed E-state index contributed by atoms with van der Waals surface area (Å²) in [5, 5.41) is 3.15. The lowest BCUT2D eigenvalue weighted by Gasteiger charge is -2.22. The van der Waals surface area contributed by atoms with Crippen LogP contribution < -0.4 is 10.0 Å². The van der Waals surface area contributed by atoms with Gasteiger partial charge in [0, 0.05) is 17.5 Å². The van der Waals surface area contributed by atoms with Gasteiger partial charge in [-0.2, -0.15) is 0 Å². The number of hydrogen-bond donors (Lipinski definition) is 2. The molecule has 0 aliphatic carbocycles. The standard InChI is InChI=1S/C12H20N2O4S3/c1-2-13-9-11-3-4-12(19-11)21(17,18)14-10-5-7-20(15,16)8-6-10/h3-4,10,13-14H,2,5-9H2,1H3. The minimum atomic E-state index is -3.56. The smallest absolute Gasteiger partial charge is 0.250 e. The van der Waals surface area contributed by atoms with Crippen molar-refractivity contribution >= 4 is 31.2 Å². The van der Waals surface area contributed by atoms with Gasteiger partial charge in [0.25, 0.3) is 0 Å². The summed E-state index contributed by atoms with van der Waals surface area (Å²) in [4.78, 5) is 0.962. The number of nitrogens with one attached hydrogen (secondary N) is 2. The van der Waals surface area contributed by atoms with Crippen LogP contribution in [0.1, 0.15) is 24.6 Å². The zero-order chi connectivity index (χ0) is 15.5. The van der Waals surface area contributed by atoms with Gasteiger partial charge in [-0.25, -0.2) is 21.6 Å². The first kappa shape index (κ1) is 16.9. The molecule has 0 bridgehead atoms. The van der Waals surface area contributed by atoms with E-state index in [-0.39, 0.29) is 21.8 Å². The molecule has 2 N–H and O–H groups in total. The Bertz CT molecular complexity index is 665. The van der Waals surface area contributed by atoms with Crippen molar-refractivity contribution in [3.8, 4) is 0 Å². The van der Waals surface area contributed by atoms with Gasteiger partial charge < -0.3 is 5.32 Å². The minimum absolute atomic E-state index is 0.0519. The summed E-state index contributed by atoms with van der Waals surface area (Å²) in [7, 11) is -6.54. The molecular formula is C12H20N2O4S3. The molecule has 9 heteroatoms. The summed E-state index contributed by atoms with van der Waals surface area (Å²) in [6.45, 7) is 3.47. The van der Waals surface area contributed by atoms with Gasteiger partial charge >= 0.3 is 0 Å². The molecule has 120 valence electrons. The molecule has 0 aromatic carbocycles. The Balaban J connectivity index is 2.00. The normalized spacial score (nSPS) is 19.7. The van der Waals surface area contributed by atoms with Crippen molar-refractivity contribution in [3.05, 3.63) is 17.0 Å². The van der Waals surface area contributed by atoms with Crippen LogP contribution in [0.2, 0.25) is 0 Å². The quantitative estimate of drug-likeness (QED) is 0.787. The van der Waals surface area contributed by atoms with Gasteiger partial charge in [-0.15, -0.1) is 11.3 Å². The second-order valence-electron chi connectivity index (χ2n) is 5.05. The molecule has 0 saturated carbocycles. The van der Waals surface area contributed by atoms with Crippen LogP contribution >= 0.6 is 11.3 Å². The van der Waals surface area contributed by atoms with Gasteiger partial charge in [-0.1, -0.05) is 6.92 Å². The van der Waals surface area contributed by atoms with Crippen LogP contribution in [0, 0.1) is 0 Å². The number of hydrogen-bond acceptors (Lipinski definition) is 6. The fourth-order valence-corrected chi connectivity index (χ4v) is 6.27. The molecule has 21 heavy (non-hydrogen) atoms. The lowest BCUT2D eigenvalue weighted by Crippen LogP contribution is -2.40. The molecule has 0 atom stereocenters. The van der Waals surface area contributed by atoms with Crippen LogP contribution in [0.3, 0.4) is 0 Å². The second-order valence-corrected chi connectivity index (χ2v) is 10.5. The van der Waals surface area contributed by atoms with Gasteiger partial charge in [0.2, 0.25) is 10.0 Å². The van der Waals surface area contributed by atoms with Crippen molar-refractivity contribution in [2.75, 3.05) is 18.1 Å². The largest absolute Gasteiger partial charge is 0.312 e. The van der Waals surface area contributed by atoms with Gasteiger partial charge in [-0.05, 0) is 31.5 Å². The predicted octanol–water partition coefficient (Wildman–Crippen LogP) is 0.713. The number of rotatable bonds is 6. The first-order valence-electron chi connectivity index (χ1n) is 6.84. The van der Waals surface area contributed by atoms with Crippen LogP contribution in [-0.4, -0.2) is 40.9 Å². The van der Waals surface area contributed by atoms with Crippen molar-refractivity contribution < 1.29 is 16.8 Å². The highest BCUT2D eigenvalue weighted by Gasteiger charge is 2.28. The van der Waals surface area contributed by atoms with Crippen molar-refractivity contribution in [1.82, 2.24) is 10.0 Å². The maximum atomic E-state index is 12.3. The summed E-state index contributed by atoms with van der Waals surface area (Å²) in [6.07, 6.45) is 0.689. The lowest BCUT2D eigenvalue weighted by atomic mass is 10.2. The van der Waals surface area contributed by atoms with Crippen LogP contribution in [0.4, 0.5) is 0 Å².